The van der Waals surface area contributed by atoms with Crippen LogP contribution in [-0.2, 0) is 4.79 Å². The Hall–Kier alpha value is -2.17. The zero-order valence-corrected chi connectivity index (χ0v) is 13.4. The lowest BCUT2D eigenvalue weighted by Gasteiger charge is -2.41. The fraction of sp³-hybridized carbons (Fsp3) is 0.471. The Morgan fingerprint density at radius 2 is 1.95 bits per heavy atom. The van der Waals surface area contributed by atoms with Crippen molar-refractivity contribution < 1.29 is 4.79 Å². The topological polar surface area (TPSA) is 51.0 Å². The number of carbonyl (C=O) groups excluding carboxylic acids is 1. The number of amides is 1. The summed E-state index contributed by atoms with van der Waals surface area (Å²) in [6, 6.07) is 10.3. The predicted octanol–water partition coefficient (Wildman–Crippen LogP) is 2.47. The number of hydrogen-bond acceptors (Lipinski definition) is 3. The van der Waals surface area contributed by atoms with Gasteiger partial charge >= 0.3 is 0 Å². The van der Waals surface area contributed by atoms with Crippen LogP contribution in [0.5, 0.6) is 0 Å². The van der Waals surface area contributed by atoms with E-state index in [4.69, 9.17) is 0 Å². The van der Waals surface area contributed by atoms with Crippen LogP contribution in [0.4, 0.5) is 0 Å². The third kappa shape index (κ3) is 2.63. The lowest BCUT2D eigenvalue weighted by molar-refractivity contribution is -0.139. The van der Waals surface area contributed by atoms with Crippen molar-refractivity contribution in [2.45, 2.75) is 39.2 Å². The highest BCUT2D eigenvalue weighted by molar-refractivity contribution is 5.84. The van der Waals surface area contributed by atoms with Crippen LogP contribution in [0.2, 0.25) is 0 Å². The van der Waals surface area contributed by atoms with E-state index in [0.29, 0.717) is 0 Å². The summed E-state index contributed by atoms with van der Waals surface area (Å²) in [7, 11) is 0. The predicted molar refractivity (Wildman–Crippen MR) is 84.6 cm³/mol. The summed E-state index contributed by atoms with van der Waals surface area (Å²) >= 11 is 0. The molecule has 116 valence electrons. The first-order valence-corrected chi connectivity index (χ1v) is 7.83. The summed E-state index contributed by atoms with van der Waals surface area (Å²) in [5.41, 5.74) is 1.10. The molecule has 0 radical (unpaired) electrons. The minimum atomic E-state index is -0.0410. The van der Waals surface area contributed by atoms with Crippen LogP contribution in [0.1, 0.15) is 42.5 Å². The van der Waals surface area contributed by atoms with Crippen LogP contribution in [0.3, 0.4) is 0 Å². The summed E-state index contributed by atoms with van der Waals surface area (Å²) in [5, 5.41) is 4.42. The standard InChI is InChI=1S/C17H22N4O/c1-4-16(14-8-6-5-7-9-14)17(22)20-10-15(11-20)21-13(3)18-12(2)19-21/h5-9,15-16H,4,10-11H2,1-3H3. The van der Waals surface area contributed by atoms with Gasteiger partial charge in [0.1, 0.15) is 11.6 Å². The Labute approximate surface area is 131 Å². The van der Waals surface area contributed by atoms with Crippen molar-refractivity contribution in [3.05, 3.63) is 47.5 Å². The molecule has 1 unspecified atom stereocenters. The number of benzene rings is 1. The minimum absolute atomic E-state index is 0.0410. The monoisotopic (exact) mass is 298 g/mol. The summed E-state index contributed by atoms with van der Waals surface area (Å²) < 4.78 is 1.95. The second-order valence-electron chi connectivity index (χ2n) is 5.92. The largest absolute Gasteiger partial charge is 0.338 e. The van der Waals surface area contributed by atoms with Crippen LogP contribution in [0, 0.1) is 13.8 Å². The fourth-order valence-electron chi connectivity index (χ4n) is 3.13. The molecule has 2 heterocycles. The van der Waals surface area contributed by atoms with Gasteiger partial charge in [0.2, 0.25) is 5.91 Å². The van der Waals surface area contributed by atoms with Crippen molar-refractivity contribution in [2.24, 2.45) is 0 Å². The summed E-state index contributed by atoms with van der Waals surface area (Å²) in [4.78, 5) is 19.0. The van der Waals surface area contributed by atoms with E-state index in [0.717, 1.165) is 36.7 Å². The molecule has 1 aromatic heterocycles. The Kier molecular flexibility index (Phi) is 3.96. The molecule has 22 heavy (non-hydrogen) atoms. The zero-order chi connectivity index (χ0) is 15.7. The molecule has 5 heteroatoms. The molecule has 0 N–H and O–H groups in total. The molecule has 1 amide bonds. The van der Waals surface area contributed by atoms with E-state index in [2.05, 4.69) is 17.0 Å². The summed E-state index contributed by atoms with van der Waals surface area (Å²) in [6.45, 7) is 7.38. The lowest BCUT2D eigenvalue weighted by atomic mass is 9.93. The molecule has 1 atom stereocenters. The van der Waals surface area contributed by atoms with E-state index in [1.165, 1.54) is 0 Å². The summed E-state index contributed by atoms with van der Waals surface area (Å²) in [5.74, 6) is 1.89. The molecular weight excluding hydrogens is 276 g/mol. The van der Waals surface area contributed by atoms with Crippen LogP contribution < -0.4 is 0 Å². The highest BCUT2D eigenvalue weighted by Crippen LogP contribution is 2.28. The molecule has 1 aliphatic rings. The first kappa shape index (κ1) is 14.8. The third-order valence-electron chi connectivity index (χ3n) is 4.34. The van der Waals surface area contributed by atoms with E-state index < -0.39 is 0 Å². The average molecular weight is 298 g/mol. The maximum Gasteiger partial charge on any atom is 0.230 e. The van der Waals surface area contributed by atoms with Gasteiger partial charge in [-0.3, -0.25) is 4.79 Å². The van der Waals surface area contributed by atoms with E-state index in [-0.39, 0.29) is 17.9 Å². The zero-order valence-electron chi connectivity index (χ0n) is 13.4. The van der Waals surface area contributed by atoms with Crippen LogP contribution >= 0.6 is 0 Å². The van der Waals surface area contributed by atoms with E-state index in [9.17, 15) is 4.79 Å². The molecule has 5 nitrogen and oxygen atoms in total. The Bertz CT molecular complexity index is 659. The van der Waals surface area contributed by atoms with Gasteiger partial charge in [-0.05, 0) is 25.8 Å². The van der Waals surface area contributed by atoms with Crippen LogP contribution in [0.25, 0.3) is 0 Å². The molecule has 1 fully saturated rings. The van der Waals surface area contributed by atoms with Gasteiger partial charge in [-0.1, -0.05) is 37.3 Å². The van der Waals surface area contributed by atoms with Gasteiger partial charge in [-0.25, -0.2) is 9.67 Å². The van der Waals surface area contributed by atoms with Crippen molar-refractivity contribution >= 4 is 5.91 Å². The Morgan fingerprint density at radius 1 is 1.27 bits per heavy atom. The molecule has 2 aromatic rings. The van der Waals surface area contributed by atoms with E-state index in [1.54, 1.807) is 0 Å². The van der Waals surface area contributed by atoms with Gasteiger partial charge in [-0.15, -0.1) is 0 Å². The number of rotatable bonds is 4. The Morgan fingerprint density at radius 3 is 2.50 bits per heavy atom. The molecule has 0 spiro atoms. The lowest BCUT2D eigenvalue weighted by Crippen LogP contribution is -2.52. The normalized spacial score (nSPS) is 16.4. The Balaban J connectivity index is 1.67. The van der Waals surface area contributed by atoms with Gasteiger partial charge in [0.25, 0.3) is 0 Å². The van der Waals surface area contributed by atoms with Crippen molar-refractivity contribution in [3.63, 3.8) is 0 Å². The highest BCUT2D eigenvalue weighted by atomic mass is 16.2. The molecule has 3 rings (SSSR count). The van der Waals surface area contributed by atoms with Crippen LogP contribution in [0.15, 0.2) is 30.3 Å². The molecule has 0 aliphatic carbocycles. The number of aryl methyl sites for hydroxylation is 2. The van der Waals surface area contributed by atoms with Gasteiger partial charge in [0, 0.05) is 13.1 Å². The second kappa shape index (κ2) is 5.91. The van der Waals surface area contributed by atoms with Crippen molar-refractivity contribution in [2.75, 3.05) is 13.1 Å². The van der Waals surface area contributed by atoms with Gasteiger partial charge in [0.05, 0.1) is 12.0 Å². The molecule has 0 bridgehead atoms. The molecule has 1 aromatic carbocycles. The van der Waals surface area contributed by atoms with E-state index >= 15 is 0 Å². The number of likely N-dealkylation sites (tertiary alicyclic amines) is 1. The third-order valence-corrected chi connectivity index (χ3v) is 4.34. The quantitative estimate of drug-likeness (QED) is 0.871. The maximum absolute atomic E-state index is 12.7. The number of aromatic nitrogens is 3. The SMILES string of the molecule is CCC(C(=O)N1CC(n2nc(C)nc2C)C1)c1ccccc1. The van der Waals surface area contributed by atoms with E-state index in [1.807, 2.05) is 53.8 Å². The summed E-state index contributed by atoms with van der Waals surface area (Å²) in [6.07, 6.45) is 0.825. The molecule has 1 aliphatic heterocycles. The van der Waals surface area contributed by atoms with Gasteiger partial charge < -0.3 is 4.90 Å². The number of hydrogen-bond donors (Lipinski definition) is 0. The highest BCUT2D eigenvalue weighted by Gasteiger charge is 2.36. The minimum Gasteiger partial charge on any atom is -0.338 e. The fourth-order valence-corrected chi connectivity index (χ4v) is 3.13. The van der Waals surface area contributed by atoms with Crippen molar-refractivity contribution in [3.8, 4) is 0 Å². The smallest absolute Gasteiger partial charge is 0.230 e. The number of nitrogens with zero attached hydrogens (tertiary/aromatic N) is 4. The molecule has 0 saturated carbocycles. The van der Waals surface area contributed by atoms with Crippen molar-refractivity contribution in [1.29, 1.82) is 0 Å². The van der Waals surface area contributed by atoms with Crippen LogP contribution in [-0.4, -0.2) is 38.7 Å². The second-order valence-corrected chi connectivity index (χ2v) is 5.92. The average Bonchev–Trinajstić information content (AvgIpc) is 2.78. The number of carbonyl (C=O) groups is 1. The van der Waals surface area contributed by atoms with Gasteiger partial charge in [-0.2, -0.15) is 5.10 Å². The first-order chi connectivity index (χ1) is 10.6. The molecular formula is C17H22N4O. The van der Waals surface area contributed by atoms with Gasteiger partial charge in [0.15, 0.2) is 0 Å². The van der Waals surface area contributed by atoms with Crippen molar-refractivity contribution in [1.82, 2.24) is 19.7 Å². The maximum atomic E-state index is 12.7. The molecule has 1 saturated heterocycles. The first-order valence-electron chi connectivity index (χ1n) is 7.83.